The molecule has 0 unspecified atom stereocenters. The van der Waals surface area contributed by atoms with Gasteiger partial charge in [0.25, 0.3) is 0 Å². The average Bonchev–Trinajstić information content (AvgIpc) is 2.89. The van der Waals surface area contributed by atoms with E-state index >= 15 is 0 Å². The van der Waals surface area contributed by atoms with Crippen molar-refractivity contribution < 1.29 is 19.1 Å². The molecule has 0 aliphatic carbocycles. The first kappa shape index (κ1) is 13.0. The van der Waals surface area contributed by atoms with Gasteiger partial charge in [-0.2, -0.15) is 0 Å². The Morgan fingerprint density at radius 3 is 1.83 bits per heavy atom. The Balaban J connectivity index is 2.46. The molecule has 0 aliphatic rings. The second kappa shape index (κ2) is 5.49. The van der Waals surface area contributed by atoms with Crippen LogP contribution in [0.25, 0.3) is 9.40 Å². The minimum absolute atomic E-state index is 0.315. The summed E-state index contributed by atoms with van der Waals surface area (Å²) in [5.41, 5.74) is 0.891. The molecule has 0 aromatic carbocycles. The fourth-order valence-electron chi connectivity index (χ4n) is 1.57. The van der Waals surface area contributed by atoms with Crippen LogP contribution in [0.3, 0.4) is 0 Å². The summed E-state index contributed by atoms with van der Waals surface area (Å²) < 4.78 is 10.9. The van der Waals surface area contributed by atoms with E-state index in [2.05, 4.69) is 0 Å². The van der Waals surface area contributed by atoms with Gasteiger partial charge >= 0.3 is 11.9 Å². The summed E-state index contributed by atoms with van der Waals surface area (Å²) in [4.78, 5) is 23.6. The summed E-state index contributed by atoms with van der Waals surface area (Å²) in [7, 11) is 0. The van der Waals surface area contributed by atoms with Crippen LogP contribution in [0.5, 0.6) is 0 Å². The van der Waals surface area contributed by atoms with Gasteiger partial charge in [0.1, 0.15) is 0 Å². The van der Waals surface area contributed by atoms with Crippen molar-refractivity contribution in [3.8, 4) is 0 Å². The van der Waals surface area contributed by atoms with Crippen molar-refractivity contribution >= 4 is 44.0 Å². The lowest BCUT2D eigenvalue weighted by Gasteiger charge is -2.02. The van der Waals surface area contributed by atoms with Crippen LogP contribution >= 0.6 is 22.7 Å². The summed E-state index contributed by atoms with van der Waals surface area (Å²) in [6, 6.07) is 0. The highest BCUT2D eigenvalue weighted by Crippen LogP contribution is 2.35. The molecule has 2 heterocycles. The normalized spacial score (nSPS) is 10.6. The highest BCUT2D eigenvalue weighted by Gasteiger charge is 2.22. The van der Waals surface area contributed by atoms with E-state index in [4.69, 9.17) is 9.47 Å². The van der Waals surface area contributed by atoms with E-state index in [1.807, 2.05) is 0 Å². The highest BCUT2D eigenvalue weighted by atomic mass is 32.2. The highest BCUT2D eigenvalue weighted by molar-refractivity contribution is 7.37. The van der Waals surface area contributed by atoms with Gasteiger partial charge in [-0.1, -0.05) is 0 Å². The molecule has 0 saturated heterocycles. The maximum Gasteiger partial charge on any atom is 0.339 e. The summed E-state index contributed by atoms with van der Waals surface area (Å²) in [6.45, 7) is 4.13. The number of carbonyl (C=O) groups is 2. The van der Waals surface area contributed by atoms with Crippen LogP contribution < -0.4 is 0 Å². The van der Waals surface area contributed by atoms with Crippen LogP contribution in [0, 0.1) is 0 Å². The predicted octanol–water partition coefficient (Wildman–Crippen LogP) is 3.32. The van der Waals surface area contributed by atoms with Crippen LogP contribution in [-0.2, 0) is 9.47 Å². The molecular weight excluding hydrogens is 272 g/mol. The SMILES string of the molecule is CCOC(=O)c1csc2scc(C(=O)OCC)c12. The zero-order valence-corrected chi connectivity index (χ0v) is 11.7. The van der Waals surface area contributed by atoms with Crippen molar-refractivity contribution in [1.82, 2.24) is 0 Å². The van der Waals surface area contributed by atoms with Gasteiger partial charge in [0.2, 0.25) is 0 Å². The molecule has 0 radical (unpaired) electrons. The summed E-state index contributed by atoms with van der Waals surface area (Å²) in [5, 5.41) is 4.10. The molecule has 0 bridgehead atoms. The third-order valence-electron chi connectivity index (χ3n) is 2.30. The molecule has 0 atom stereocenters. The maximum atomic E-state index is 11.8. The minimum atomic E-state index is -0.396. The monoisotopic (exact) mass is 284 g/mol. The van der Waals surface area contributed by atoms with E-state index in [9.17, 15) is 9.59 Å². The quantitative estimate of drug-likeness (QED) is 0.808. The smallest absolute Gasteiger partial charge is 0.339 e. The van der Waals surface area contributed by atoms with Crippen LogP contribution in [-0.4, -0.2) is 25.2 Å². The Labute approximate surface area is 112 Å². The van der Waals surface area contributed by atoms with Crippen LogP contribution in [0.4, 0.5) is 0 Å². The first-order valence-electron chi connectivity index (χ1n) is 5.52. The van der Waals surface area contributed by atoms with Crippen LogP contribution in [0.1, 0.15) is 34.6 Å². The van der Waals surface area contributed by atoms with Crippen LogP contribution in [0.2, 0.25) is 0 Å². The van der Waals surface area contributed by atoms with Crippen molar-refractivity contribution in [1.29, 1.82) is 0 Å². The van der Waals surface area contributed by atoms with Gasteiger partial charge in [0.05, 0.1) is 28.4 Å². The Kier molecular flexibility index (Phi) is 3.98. The lowest BCUT2D eigenvalue weighted by atomic mass is 10.1. The summed E-state index contributed by atoms with van der Waals surface area (Å²) in [6.07, 6.45) is 0. The fourth-order valence-corrected chi connectivity index (χ4v) is 3.64. The Morgan fingerprint density at radius 1 is 1.00 bits per heavy atom. The topological polar surface area (TPSA) is 52.6 Å². The molecule has 0 fully saturated rings. The van der Waals surface area contributed by atoms with E-state index in [1.54, 1.807) is 24.6 Å². The molecule has 2 rings (SSSR count). The number of ether oxygens (including phenoxy) is 2. The largest absolute Gasteiger partial charge is 0.462 e. The molecule has 0 spiro atoms. The second-order valence-corrected chi connectivity index (χ2v) is 5.42. The number of fused-ring (bicyclic) bond motifs is 1. The lowest BCUT2D eigenvalue weighted by molar-refractivity contribution is 0.0527. The van der Waals surface area contributed by atoms with E-state index in [-0.39, 0.29) is 0 Å². The Hall–Kier alpha value is -1.40. The zero-order chi connectivity index (χ0) is 13.1. The first-order chi connectivity index (χ1) is 8.69. The van der Waals surface area contributed by atoms with Gasteiger partial charge in [0.15, 0.2) is 0 Å². The van der Waals surface area contributed by atoms with Gasteiger partial charge < -0.3 is 9.47 Å². The number of carbonyl (C=O) groups excluding carboxylic acids is 2. The summed E-state index contributed by atoms with van der Waals surface area (Å²) in [5.74, 6) is -0.791. The molecule has 4 nitrogen and oxygen atoms in total. The van der Waals surface area contributed by atoms with Crippen molar-refractivity contribution in [3.05, 3.63) is 21.9 Å². The van der Waals surface area contributed by atoms with Gasteiger partial charge in [0, 0.05) is 16.1 Å². The van der Waals surface area contributed by atoms with E-state index < -0.39 is 11.9 Å². The average molecular weight is 284 g/mol. The lowest BCUT2D eigenvalue weighted by Crippen LogP contribution is -2.07. The molecule has 6 heteroatoms. The zero-order valence-electron chi connectivity index (χ0n) is 10.0. The number of hydrogen-bond acceptors (Lipinski definition) is 6. The molecule has 18 heavy (non-hydrogen) atoms. The molecule has 0 amide bonds. The molecule has 0 N–H and O–H groups in total. The van der Waals surface area contributed by atoms with Crippen molar-refractivity contribution in [2.75, 3.05) is 13.2 Å². The van der Waals surface area contributed by atoms with Crippen molar-refractivity contribution in [2.24, 2.45) is 0 Å². The van der Waals surface area contributed by atoms with Gasteiger partial charge in [-0.15, -0.1) is 22.7 Å². The van der Waals surface area contributed by atoms with Crippen LogP contribution in [0.15, 0.2) is 10.8 Å². The number of thiophene rings is 2. The summed E-state index contributed by atoms with van der Waals surface area (Å²) >= 11 is 2.87. The number of hydrogen-bond donors (Lipinski definition) is 0. The second-order valence-electron chi connectivity index (χ2n) is 3.40. The first-order valence-corrected chi connectivity index (χ1v) is 7.27. The molecule has 2 aromatic rings. The van der Waals surface area contributed by atoms with Gasteiger partial charge in [-0.05, 0) is 13.8 Å². The molecular formula is C12H12O4S2. The van der Waals surface area contributed by atoms with Gasteiger partial charge in [-0.3, -0.25) is 0 Å². The Bertz CT molecular complexity index is 534. The third kappa shape index (κ3) is 2.26. The third-order valence-corrected chi connectivity index (χ3v) is 4.42. The fraction of sp³-hybridized carbons (Fsp3) is 0.333. The molecule has 0 saturated carbocycles. The minimum Gasteiger partial charge on any atom is -0.462 e. The van der Waals surface area contributed by atoms with E-state index in [1.165, 1.54) is 22.7 Å². The maximum absolute atomic E-state index is 11.8. The van der Waals surface area contributed by atoms with E-state index in [0.717, 1.165) is 4.01 Å². The standard InChI is InChI=1S/C12H12O4S2/c1-3-15-10(13)7-5-17-12-9(7)8(6-18-12)11(14)16-4-2/h5-6H,3-4H2,1-2H3. The van der Waals surface area contributed by atoms with Gasteiger partial charge in [-0.25, -0.2) is 9.59 Å². The van der Waals surface area contributed by atoms with Crippen molar-refractivity contribution in [3.63, 3.8) is 0 Å². The number of esters is 2. The number of rotatable bonds is 4. The Morgan fingerprint density at radius 2 is 1.44 bits per heavy atom. The van der Waals surface area contributed by atoms with Crippen molar-refractivity contribution in [2.45, 2.75) is 13.8 Å². The molecule has 0 aliphatic heterocycles. The molecule has 2 aromatic heterocycles. The van der Waals surface area contributed by atoms with E-state index in [0.29, 0.717) is 29.7 Å². The predicted molar refractivity (Wildman–Crippen MR) is 71.6 cm³/mol. The molecule has 96 valence electrons.